The minimum absolute atomic E-state index is 0.241. The summed E-state index contributed by atoms with van der Waals surface area (Å²) < 4.78 is 6.40. The van der Waals surface area contributed by atoms with Gasteiger partial charge in [0.15, 0.2) is 5.82 Å². The summed E-state index contributed by atoms with van der Waals surface area (Å²) >= 11 is 3.53. The van der Waals surface area contributed by atoms with Gasteiger partial charge in [-0.05, 0) is 31.0 Å². The number of nitrogens with zero attached hydrogens (tertiary/aromatic N) is 2. The lowest BCUT2D eigenvalue weighted by Gasteiger charge is -2.01. The number of halogens is 1. The van der Waals surface area contributed by atoms with Crippen LogP contribution in [-0.2, 0) is 6.42 Å². The molecule has 2 heterocycles. The average Bonchev–Trinajstić information content (AvgIpc) is 3.02. The molecule has 0 unspecified atom stereocenters. The van der Waals surface area contributed by atoms with Gasteiger partial charge in [-0.25, -0.2) is 0 Å². The first-order valence-corrected chi connectivity index (χ1v) is 6.91. The summed E-state index contributed by atoms with van der Waals surface area (Å²) in [5.41, 5.74) is 1.17. The van der Waals surface area contributed by atoms with E-state index in [1.165, 1.54) is 12.0 Å². The second kappa shape index (κ2) is 5.20. The fourth-order valence-corrected chi connectivity index (χ4v) is 2.61. The highest BCUT2D eigenvalue weighted by Crippen LogP contribution is 2.23. The van der Waals surface area contributed by atoms with Gasteiger partial charge in [0.1, 0.15) is 0 Å². The molecule has 1 aliphatic heterocycles. The van der Waals surface area contributed by atoms with Crippen LogP contribution in [0.5, 0.6) is 0 Å². The fraction of sp³-hybridized carbons (Fsp3) is 0.385. The summed E-state index contributed by atoms with van der Waals surface area (Å²) in [6.07, 6.45) is 2.95. The molecule has 1 N–H and O–H groups in total. The zero-order valence-electron chi connectivity index (χ0n) is 9.90. The molecule has 0 bridgehead atoms. The number of hydrogen-bond donors (Lipinski definition) is 1. The number of benzene rings is 1. The standard InChI is InChI=1S/C13H14BrN3O/c14-10-5-2-1-4-9(10)8-12-16-13(18-17-12)11-6-3-7-15-11/h1-2,4-5,11,15H,3,6-8H2/t11-/m1/s1. The van der Waals surface area contributed by atoms with Gasteiger partial charge >= 0.3 is 0 Å². The molecule has 18 heavy (non-hydrogen) atoms. The van der Waals surface area contributed by atoms with Crippen LogP contribution in [-0.4, -0.2) is 16.7 Å². The molecule has 0 saturated carbocycles. The summed E-state index contributed by atoms with van der Waals surface area (Å²) in [6, 6.07) is 8.34. The van der Waals surface area contributed by atoms with Crippen molar-refractivity contribution < 1.29 is 4.52 Å². The van der Waals surface area contributed by atoms with Crippen molar-refractivity contribution in [1.29, 1.82) is 0 Å². The molecule has 2 aromatic rings. The third kappa shape index (κ3) is 2.47. The Morgan fingerprint density at radius 1 is 1.39 bits per heavy atom. The minimum Gasteiger partial charge on any atom is -0.338 e. The SMILES string of the molecule is Brc1ccccc1Cc1noc([C@H]2CCCN2)n1. The number of rotatable bonds is 3. The van der Waals surface area contributed by atoms with Crippen LogP contribution < -0.4 is 5.32 Å². The highest BCUT2D eigenvalue weighted by atomic mass is 79.9. The van der Waals surface area contributed by atoms with Crippen LogP contribution in [0.3, 0.4) is 0 Å². The van der Waals surface area contributed by atoms with Crippen molar-refractivity contribution in [3.8, 4) is 0 Å². The second-order valence-corrected chi connectivity index (χ2v) is 5.32. The maximum atomic E-state index is 5.32. The molecule has 1 aromatic heterocycles. The molecule has 1 atom stereocenters. The molecule has 1 aliphatic rings. The van der Waals surface area contributed by atoms with E-state index in [1.54, 1.807) is 0 Å². The van der Waals surface area contributed by atoms with Gasteiger partial charge in [-0.1, -0.05) is 39.3 Å². The maximum Gasteiger partial charge on any atom is 0.243 e. The molecule has 0 spiro atoms. The predicted molar refractivity (Wildman–Crippen MR) is 71.2 cm³/mol. The van der Waals surface area contributed by atoms with Gasteiger partial charge in [-0.3, -0.25) is 0 Å². The Bertz CT molecular complexity index is 535. The molecular formula is C13H14BrN3O. The van der Waals surface area contributed by atoms with Crippen molar-refractivity contribution >= 4 is 15.9 Å². The van der Waals surface area contributed by atoms with Crippen LogP contribution in [0.25, 0.3) is 0 Å². The largest absolute Gasteiger partial charge is 0.338 e. The second-order valence-electron chi connectivity index (χ2n) is 4.47. The Labute approximate surface area is 114 Å². The first kappa shape index (κ1) is 11.9. The monoisotopic (exact) mass is 307 g/mol. The van der Waals surface area contributed by atoms with Crippen LogP contribution in [0.4, 0.5) is 0 Å². The number of nitrogens with one attached hydrogen (secondary N) is 1. The Balaban J connectivity index is 1.75. The molecule has 0 amide bonds. The maximum absolute atomic E-state index is 5.32. The molecule has 4 nitrogen and oxygen atoms in total. The van der Waals surface area contributed by atoms with E-state index >= 15 is 0 Å². The van der Waals surface area contributed by atoms with Gasteiger partial charge in [0, 0.05) is 10.9 Å². The lowest BCUT2D eigenvalue weighted by atomic mass is 10.1. The smallest absolute Gasteiger partial charge is 0.243 e. The topological polar surface area (TPSA) is 51.0 Å². The third-order valence-corrected chi connectivity index (χ3v) is 3.92. The van der Waals surface area contributed by atoms with Crippen LogP contribution >= 0.6 is 15.9 Å². The molecular weight excluding hydrogens is 294 g/mol. The van der Waals surface area contributed by atoms with Crippen molar-refractivity contribution in [2.24, 2.45) is 0 Å². The Morgan fingerprint density at radius 3 is 3.06 bits per heavy atom. The van der Waals surface area contributed by atoms with Crippen LogP contribution in [0.2, 0.25) is 0 Å². The van der Waals surface area contributed by atoms with E-state index in [4.69, 9.17) is 4.52 Å². The van der Waals surface area contributed by atoms with E-state index in [0.717, 1.165) is 29.2 Å². The Kier molecular flexibility index (Phi) is 3.43. The zero-order chi connectivity index (χ0) is 12.4. The first-order valence-electron chi connectivity index (χ1n) is 6.12. The van der Waals surface area contributed by atoms with E-state index in [2.05, 4.69) is 37.5 Å². The number of aromatic nitrogens is 2. The molecule has 94 valence electrons. The highest BCUT2D eigenvalue weighted by Gasteiger charge is 2.22. The van der Waals surface area contributed by atoms with Crippen molar-refractivity contribution in [3.05, 3.63) is 46.0 Å². The van der Waals surface area contributed by atoms with E-state index in [1.807, 2.05) is 18.2 Å². The Morgan fingerprint density at radius 2 is 2.28 bits per heavy atom. The van der Waals surface area contributed by atoms with E-state index < -0.39 is 0 Å². The van der Waals surface area contributed by atoms with E-state index in [9.17, 15) is 0 Å². The quantitative estimate of drug-likeness (QED) is 0.947. The minimum atomic E-state index is 0.241. The van der Waals surface area contributed by atoms with Crippen molar-refractivity contribution in [3.63, 3.8) is 0 Å². The van der Waals surface area contributed by atoms with Crippen molar-refractivity contribution in [2.45, 2.75) is 25.3 Å². The summed E-state index contributed by atoms with van der Waals surface area (Å²) in [6.45, 7) is 1.03. The fourth-order valence-electron chi connectivity index (χ4n) is 2.19. The highest BCUT2D eigenvalue weighted by molar-refractivity contribution is 9.10. The van der Waals surface area contributed by atoms with Crippen LogP contribution in [0.1, 0.15) is 36.2 Å². The summed E-state index contributed by atoms with van der Waals surface area (Å²) in [7, 11) is 0. The van der Waals surface area contributed by atoms with Gasteiger partial charge < -0.3 is 9.84 Å². The molecule has 3 rings (SSSR count). The predicted octanol–water partition coefficient (Wildman–Crippen LogP) is 2.85. The normalized spacial score (nSPS) is 19.3. The van der Waals surface area contributed by atoms with Crippen LogP contribution in [0, 0.1) is 0 Å². The van der Waals surface area contributed by atoms with Gasteiger partial charge in [-0.2, -0.15) is 4.98 Å². The summed E-state index contributed by atoms with van der Waals surface area (Å²) in [5, 5.41) is 7.41. The molecule has 1 fully saturated rings. The Hall–Kier alpha value is -1.20. The van der Waals surface area contributed by atoms with Crippen molar-refractivity contribution in [1.82, 2.24) is 15.5 Å². The van der Waals surface area contributed by atoms with E-state index in [-0.39, 0.29) is 6.04 Å². The third-order valence-electron chi connectivity index (χ3n) is 3.15. The average molecular weight is 308 g/mol. The first-order chi connectivity index (χ1) is 8.83. The summed E-state index contributed by atoms with van der Waals surface area (Å²) in [4.78, 5) is 4.47. The number of hydrogen-bond acceptors (Lipinski definition) is 4. The van der Waals surface area contributed by atoms with Crippen molar-refractivity contribution in [2.75, 3.05) is 6.54 Å². The molecule has 5 heteroatoms. The van der Waals surface area contributed by atoms with Gasteiger partial charge in [0.2, 0.25) is 5.89 Å². The zero-order valence-corrected chi connectivity index (χ0v) is 11.5. The lowest BCUT2D eigenvalue weighted by Crippen LogP contribution is -2.13. The summed E-state index contributed by atoms with van der Waals surface area (Å²) in [5.74, 6) is 1.46. The molecule has 1 saturated heterocycles. The van der Waals surface area contributed by atoms with Gasteiger partial charge in [0.25, 0.3) is 0 Å². The lowest BCUT2D eigenvalue weighted by molar-refractivity contribution is 0.341. The molecule has 1 aromatic carbocycles. The van der Waals surface area contributed by atoms with E-state index in [0.29, 0.717) is 6.42 Å². The molecule has 0 aliphatic carbocycles. The van der Waals surface area contributed by atoms with Gasteiger partial charge in [0.05, 0.1) is 6.04 Å². The molecule has 0 radical (unpaired) electrons. The van der Waals surface area contributed by atoms with Gasteiger partial charge in [-0.15, -0.1) is 0 Å². The van der Waals surface area contributed by atoms with Crippen LogP contribution in [0.15, 0.2) is 33.3 Å².